The van der Waals surface area contributed by atoms with E-state index < -0.39 is 0 Å². The zero-order valence-electron chi connectivity index (χ0n) is 10.7. The van der Waals surface area contributed by atoms with Gasteiger partial charge in [-0.2, -0.15) is 0 Å². The van der Waals surface area contributed by atoms with Crippen LogP contribution in [0.25, 0.3) is 11.0 Å². The van der Waals surface area contributed by atoms with Gasteiger partial charge in [-0.25, -0.2) is 13.9 Å². The summed E-state index contributed by atoms with van der Waals surface area (Å²) < 4.78 is 10.1. The first-order chi connectivity index (χ1) is 9.11. The normalized spacial score (nSPS) is 10.5. The first kappa shape index (κ1) is 14.8. The van der Waals surface area contributed by atoms with Crippen LogP contribution in [0.4, 0.5) is 0 Å². The van der Waals surface area contributed by atoms with Crippen molar-refractivity contribution < 1.29 is 21.4 Å². The molecule has 3 aromatic rings. The maximum absolute atomic E-state index is 11.6. The molecule has 0 bridgehead atoms. The van der Waals surface area contributed by atoms with Crippen molar-refractivity contribution in [3.63, 3.8) is 0 Å². The second-order valence-electron chi connectivity index (χ2n) is 4.48. The van der Waals surface area contributed by atoms with E-state index in [0.29, 0.717) is 12.1 Å². The second-order valence-corrected chi connectivity index (χ2v) is 5.40. The fourth-order valence-electron chi connectivity index (χ4n) is 2.13. The van der Waals surface area contributed by atoms with E-state index in [4.69, 9.17) is 4.42 Å². The zero-order valence-corrected chi connectivity index (χ0v) is 13.1. The van der Waals surface area contributed by atoms with Crippen molar-refractivity contribution in [2.24, 2.45) is 7.05 Å². The molecule has 0 spiro atoms. The fraction of sp³-hybridized carbons (Fsp3) is 0.143. The molecule has 4 nitrogen and oxygen atoms in total. The number of benzene rings is 1. The van der Waals surface area contributed by atoms with E-state index in [1.54, 1.807) is 6.07 Å². The smallest absolute Gasteiger partial charge is 0.336 e. The van der Waals surface area contributed by atoms with Crippen LogP contribution in [0, 0.1) is 0 Å². The fourth-order valence-corrected chi connectivity index (χ4v) is 2.47. The monoisotopic (exact) mass is 354 g/mol. The Morgan fingerprint density at radius 2 is 2.15 bits per heavy atom. The van der Waals surface area contributed by atoms with Crippen molar-refractivity contribution in [2.75, 3.05) is 0 Å². The third-order valence-electron chi connectivity index (χ3n) is 2.97. The Morgan fingerprint density at radius 1 is 1.35 bits per heavy atom. The SMILES string of the molecule is C[n+]1ccn(Cc2cc(=O)oc3cc(Br)ccc23)c1.[Cl-]. The topological polar surface area (TPSA) is 39.0 Å². The number of rotatable bonds is 2. The third-order valence-corrected chi connectivity index (χ3v) is 3.46. The molecule has 3 rings (SSSR count). The minimum atomic E-state index is -0.322. The molecule has 2 aromatic heterocycles. The molecule has 0 aliphatic heterocycles. The molecule has 104 valence electrons. The lowest BCUT2D eigenvalue weighted by atomic mass is 10.1. The molecular formula is C14H12BrClN2O2. The van der Waals surface area contributed by atoms with E-state index in [9.17, 15) is 4.79 Å². The molecule has 0 aliphatic rings. The molecule has 0 aliphatic carbocycles. The van der Waals surface area contributed by atoms with Gasteiger partial charge in [-0.15, -0.1) is 0 Å². The summed E-state index contributed by atoms with van der Waals surface area (Å²) in [6.07, 6.45) is 5.91. The molecule has 0 saturated heterocycles. The highest BCUT2D eigenvalue weighted by molar-refractivity contribution is 9.10. The lowest BCUT2D eigenvalue weighted by Crippen LogP contribution is -3.00. The summed E-state index contributed by atoms with van der Waals surface area (Å²) in [5.41, 5.74) is 1.24. The lowest BCUT2D eigenvalue weighted by Gasteiger charge is -2.03. The Hall–Kier alpha value is -1.59. The van der Waals surface area contributed by atoms with Crippen molar-refractivity contribution >= 4 is 26.9 Å². The number of aromatic nitrogens is 2. The van der Waals surface area contributed by atoms with E-state index in [0.717, 1.165) is 15.4 Å². The molecule has 0 fully saturated rings. The minimum absolute atomic E-state index is 0. The van der Waals surface area contributed by atoms with Crippen LogP contribution in [0.2, 0.25) is 0 Å². The van der Waals surface area contributed by atoms with Crippen LogP contribution in [0.5, 0.6) is 0 Å². The molecule has 0 N–H and O–H groups in total. The molecule has 0 saturated carbocycles. The quantitative estimate of drug-likeness (QED) is 0.447. The summed E-state index contributed by atoms with van der Waals surface area (Å²) >= 11 is 3.38. The van der Waals surface area contributed by atoms with Crippen molar-refractivity contribution in [1.29, 1.82) is 0 Å². The molecule has 0 amide bonds. The summed E-state index contributed by atoms with van der Waals surface area (Å²) in [7, 11) is 1.96. The summed E-state index contributed by atoms with van der Waals surface area (Å²) in [6.45, 7) is 0.643. The summed E-state index contributed by atoms with van der Waals surface area (Å²) in [5, 5.41) is 0.958. The Labute approximate surface area is 130 Å². The van der Waals surface area contributed by atoms with Crippen LogP contribution in [0.15, 0.2) is 56.7 Å². The molecule has 1 aromatic carbocycles. The Balaban J connectivity index is 0.00000147. The van der Waals surface area contributed by atoms with E-state index in [1.807, 2.05) is 53.1 Å². The standard InChI is InChI=1S/C14H12BrN2O2.ClH/c1-16-4-5-17(9-16)8-10-6-14(18)19-13-7-11(15)2-3-12(10)13;/h2-7,9H,8H2,1H3;1H/q+1;/p-1. The third kappa shape index (κ3) is 2.94. The van der Waals surface area contributed by atoms with Crippen molar-refractivity contribution in [1.82, 2.24) is 4.57 Å². The first-order valence-electron chi connectivity index (χ1n) is 5.85. The first-order valence-corrected chi connectivity index (χ1v) is 6.64. The van der Waals surface area contributed by atoms with Gasteiger partial charge in [0.1, 0.15) is 24.5 Å². The Bertz CT molecular complexity index is 810. The summed E-state index contributed by atoms with van der Waals surface area (Å²) in [5.74, 6) is 0. The number of nitrogens with zero attached hydrogens (tertiary/aromatic N) is 2. The number of aryl methyl sites for hydroxylation is 1. The average Bonchev–Trinajstić information content (AvgIpc) is 2.74. The van der Waals surface area contributed by atoms with Crippen LogP contribution >= 0.6 is 15.9 Å². The average molecular weight is 356 g/mol. The maximum Gasteiger partial charge on any atom is 0.336 e. The Morgan fingerprint density at radius 3 is 2.85 bits per heavy atom. The van der Waals surface area contributed by atoms with E-state index in [-0.39, 0.29) is 18.0 Å². The zero-order chi connectivity index (χ0) is 13.4. The largest absolute Gasteiger partial charge is 1.00 e. The second kappa shape index (κ2) is 5.81. The number of fused-ring (bicyclic) bond motifs is 1. The van der Waals surface area contributed by atoms with Gasteiger partial charge in [-0.1, -0.05) is 15.9 Å². The molecule has 20 heavy (non-hydrogen) atoms. The van der Waals surface area contributed by atoms with Crippen molar-refractivity contribution in [3.05, 3.63) is 63.4 Å². The highest BCUT2D eigenvalue weighted by atomic mass is 79.9. The minimum Gasteiger partial charge on any atom is -1.00 e. The number of hydrogen-bond donors (Lipinski definition) is 0. The van der Waals surface area contributed by atoms with Gasteiger partial charge >= 0.3 is 5.63 Å². The van der Waals surface area contributed by atoms with Gasteiger partial charge in [0.25, 0.3) is 0 Å². The molecule has 0 atom stereocenters. The van der Waals surface area contributed by atoms with Gasteiger partial charge in [0, 0.05) is 21.5 Å². The highest BCUT2D eigenvalue weighted by Gasteiger charge is 2.09. The van der Waals surface area contributed by atoms with Crippen molar-refractivity contribution in [3.8, 4) is 0 Å². The predicted molar refractivity (Wildman–Crippen MR) is 74.9 cm³/mol. The highest BCUT2D eigenvalue weighted by Crippen LogP contribution is 2.22. The molecular weight excluding hydrogens is 344 g/mol. The predicted octanol–water partition coefficient (Wildman–Crippen LogP) is -0.766. The van der Waals surface area contributed by atoms with Gasteiger partial charge in [-0.05, 0) is 18.2 Å². The van der Waals surface area contributed by atoms with Crippen LogP contribution in [-0.2, 0) is 13.6 Å². The van der Waals surface area contributed by atoms with Gasteiger partial charge in [-0.3, -0.25) is 0 Å². The molecule has 2 heterocycles. The van der Waals surface area contributed by atoms with Crippen LogP contribution in [0.1, 0.15) is 5.56 Å². The van der Waals surface area contributed by atoms with E-state index in [2.05, 4.69) is 15.9 Å². The number of hydrogen-bond acceptors (Lipinski definition) is 2. The van der Waals surface area contributed by atoms with Gasteiger partial charge in [0.05, 0.1) is 7.05 Å². The Kier molecular flexibility index (Phi) is 4.30. The van der Waals surface area contributed by atoms with E-state index in [1.165, 1.54) is 0 Å². The maximum atomic E-state index is 11.6. The van der Waals surface area contributed by atoms with Crippen molar-refractivity contribution in [2.45, 2.75) is 6.54 Å². The summed E-state index contributed by atoms with van der Waals surface area (Å²) in [6, 6.07) is 7.27. The van der Waals surface area contributed by atoms with Gasteiger partial charge < -0.3 is 16.8 Å². The van der Waals surface area contributed by atoms with Gasteiger partial charge in [0.2, 0.25) is 6.33 Å². The van der Waals surface area contributed by atoms with Crippen LogP contribution < -0.4 is 22.6 Å². The van der Waals surface area contributed by atoms with Crippen LogP contribution in [-0.4, -0.2) is 4.57 Å². The van der Waals surface area contributed by atoms with E-state index >= 15 is 0 Å². The lowest BCUT2D eigenvalue weighted by molar-refractivity contribution is -0.671. The number of imidazole rings is 1. The molecule has 6 heteroatoms. The number of halogens is 2. The molecule has 0 unspecified atom stereocenters. The molecule has 0 radical (unpaired) electrons. The summed E-state index contributed by atoms with van der Waals surface area (Å²) in [4.78, 5) is 11.6. The van der Waals surface area contributed by atoms with Crippen LogP contribution in [0.3, 0.4) is 0 Å². The van der Waals surface area contributed by atoms with Gasteiger partial charge in [0.15, 0.2) is 0 Å².